The number of ether oxygens (including phenoxy) is 1. The van der Waals surface area contributed by atoms with Gasteiger partial charge in [0.1, 0.15) is 12.8 Å². The van der Waals surface area contributed by atoms with Crippen LogP contribution in [0.15, 0.2) is 30.5 Å². The molecule has 8 heteroatoms. The lowest BCUT2D eigenvalue weighted by Gasteiger charge is -2.35. The maximum absolute atomic E-state index is 6.37. The molecule has 1 saturated heterocycles. The summed E-state index contributed by atoms with van der Waals surface area (Å²) < 4.78 is 7.77. The molecule has 2 aromatic rings. The fourth-order valence-electron chi connectivity index (χ4n) is 4.26. The first-order valence-electron chi connectivity index (χ1n) is 9.88. The van der Waals surface area contributed by atoms with Gasteiger partial charge in [0.05, 0.1) is 19.3 Å². The molecule has 0 amide bonds. The van der Waals surface area contributed by atoms with E-state index in [-0.39, 0.29) is 18.2 Å². The molecule has 5 rings (SSSR count). The summed E-state index contributed by atoms with van der Waals surface area (Å²) in [5.41, 5.74) is 8.66. The van der Waals surface area contributed by atoms with E-state index in [0.29, 0.717) is 13.3 Å². The van der Waals surface area contributed by atoms with E-state index in [4.69, 9.17) is 15.3 Å². The number of hydrogen-bond acceptors (Lipinski definition) is 7. The lowest BCUT2D eigenvalue weighted by Crippen LogP contribution is -2.39. The SMILES string of the molecule is CN1CCOC[C@@H]1c1nnc2n1CN(O[C@@H]1CC[C@H](N)c3ccccc31)C=C2. The van der Waals surface area contributed by atoms with E-state index < -0.39 is 0 Å². The summed E-state index contributed by atoms with van der Waals surface area (Å²) >= 11 is 0. The average Bonchev–Trinajstić information content (AvgIpc) is 3.14. The van der Waals surface area contributed by atoms with Gasteiger partial charge in [-0.05, 0) is 31.0 Å². The van der Waals surface area contributed by atoms with Gasteiger partial charge in [-0.15, -0.1) is 10.2 Å². The number of hydrogen-bond donors (Lipinski definition) is 1. The molecule has 3 atom stereocenters. The maximum atomic E-state index is 6.37. The second-order valence-corrected chi connectivity index (χ2v) is 7.70. The molecule has 0 saturated carbocycles. The van der Waals surface area contributed by atoms with Gasteiger partial charge in [0.15, 0.2) is 11.6 Å². The van der Waals surface area contributed by atoms with Gasteiger partial charge in [-0.1, -0.05) is 24.3 Å². The first-order chi connectivity index (χ1) is 13.7. The lowest BCUT2D eigenvalue weighted by atomic mass is 9.86. The van der Waals surface area contributed by atoms with Gasteiger partial charge in [-0.3, -0.25) is 14.3 Å². The van der Waals surface area contributed by atoms with E-state index in [0.717, 1.165) is 37.6 Å². The third kappa shape index (κ3) is 3.12. The molecule has 1 aromatic heterocycles. The van der Waals surface area contributed by atoms with Gasteiger partial charge in [0, 0.05) is 24.9 Å². The van der Waals surface area contributed by atoms with E-state index in [1.807, 2.05) is 29.5 Å². The van der Waals surface area contributed by atoms with Gasteiger partial charge in [-0.25, -0.2) is 5.06 Å². The van der Waals surface area contributed by atoms with E-state index >= 15 is 0 Å². The van der Waals surface area contributed by atoms with Crippen LogP contribution in [0.2, 0.25) is 0 Å². The fraction of sp³-hybridized carbons (Fsp3) is 0.500. The highest BCUT2D eigenvalue weighted by atomic mass is 16.7. The van der Waals surface area contributed by atoms with Crippen LogP contribution in [-0.4, -0.2) is 51.5 Å². The van der Waals surface area contributed by atoms with Gasteiger partial charge in [-0.2, -0.15) is 0 Å². The van der Waals surface area contributed by atoms with Gasteiger partial charge >= 0.3 is 0 Å². The molecule has 0 bridgehead atoms. The van der Waals surface area contributed by atoms with Crippen molar-refractivity contribution in [3.8, 4) is 0 Å². The summed E-state index contributed by atoms with van der Waals surface area (Å²) in [6.07, 6.45) is 5.72. The molecule has 0 radical (unpaired) electrons. The summed E-state index contributed by atoms with van der Waals surface area (Å²) in [4.78, 5) is 8.64. The Morgan fingerprint density at radius 3 is 2.89 bits per heavy atom. The first kappa shape index (κ1) is 17.8. The minimum Gasteiger partial charge on any atom is -0.378 e. The second-order valence-electron chi connectivity index (χ2n) is 7.70. The van der Waals surface area contributed by atoms with Gasteiger partial charge < -0.3 is 10.5 Å². The summed E-state index contributed by atoms with van der Waals surface area (Å²) in [5, 5.41) is 10.7. The number of nitrogens with zero attached hydrogens (tertiary/aromatic N) is 5. The molecule has 2 N–H and O–H groups in total. The zero-order valence-electron chi connectivity index (χ0n) is 16.1. The zero-order valence-corrected chi connectivity index (χ0v) is 16.1. The van der Waals surface area contributed by atoms with Crippen molar-refractivity contribution in [2.75, 3.05) is 26.8 Å². The highest BCUT2D eigenvalue weighted by molar-refractivity contribution is 5.41. The van der Waals surface area contributed by atoms with Crippen molar-refractivity contribution in [1.29, 1.82) is 0 Å². The molecule has 28 heavy (non-hydrogen) atoms. The predicted octanol–water partition coefficient (Wildman–Crippen LogP) is 1.99. The number of benzene rings is 1. The Balaban J connectivity index is 1.36. The molecule has 1 aliphatic carbocycles. The molecule has 3 heterocycles. The highest BCUT2D eigenvalue weighted by Gasteiger charge is 2.31. The van der Waals surface area contributed by atoms with Crippen molar-refractivity contribution in [2.24, 2.45) is 5.73 Å². The van der Waals surface area contributed by atoms with Crippen LogP contribution < -0.4 is 5.73 Å². The van der Waals surface area contributed by atoms with Crippen LogP contribution in [0.3, 0.4) is 0 Å². The van der Waals surface area contributed by atoms with Crippen LogP contribution in [0.5, 0.6) is 0 Å². The molecule has 0 unspecified atom stereocenters. The quantitative estimate of drug-likeness (QED) is 0.869. The van der Waals surface area contributed by atoms with Crippen molar-refractivity contribution in [1.82, 2.24) is 24.7 Å². The van der Waals surface area contributed by atoms with Crippen molar-refractivity contribution < 1.29 is 9.57 Å². The molecular formula is C20H26N6O2. The van der Waals surface area contributed by atoms with Gasteiger partial charge in [0.2, 0.25) is 0 Å². The Hall–Kier alpha value is -2.26. The lowest BCUT2D eigenvalue weighted by molar-refractivity contribution is -0.190. The number of nitrogens with two attached hydrogens (primary N) is 1. The smallest absolute Gasteiger partial charge is 0.159 e. The Labute approximate surface area is 164 Å². The molecule has 0 spiro atoms. The fourth-order valence-corrected chi connectivity index (χ4v) is 4.26. The predicted molar refractivity (Wildman–Crippen MR) is 104 cm³/mol. The van der Waals surface area contributed by atoms with Crippen LogP contribution in [0.4, 0.5) is 0 Å². The third-order valence-corrected chi connectivity index (χ3v) is 5.92. The number of morpholine rings is 1. The van der Waals surface area contributed by atoms with Crippen LogP contribution in [0.1, 0.15) is 53.8 Å². The first-order valence-corrected chi connectivity index (χ1v) is 9.88. The minimum absolute atomic E-state index is 0.00261. The number of aromatic nitrogens is 3. The summed E-state index contributed by atoms with van der Waals surface area (Å²) in [7, 11) is 2.10. The minimum atomic E-state index is 0.00261. The van der Waals surface area contributed by atoms with Crippen molar-refractivity contribution >= 4 is 6.08 Å². The maximum Gasteiger partial charge on any atom is 0.159 e. The molecule has 1 aromatic carbocycles. The standard InChI is InChI=1S/C20H26N6O2/c1-24-10-11-27-12-17(24)20-23-22-19-8-9-25(13-26(19)20)28-18-7-6-16(21)14-4-2-3-5-15(14)18/h2-5,8-9,16-18H,6-7,10-13,21H2,1H3/t16-,17+,18+/m0/s1. The van der Waals surface area contributed by atoms with Crippen molar-refractivity contribution in [2.45, 2.75) is 37.7 Å². The summed E-state index contributed by atoms with van der Waals surface area (Å²) in [6.45, 7) is 2.84. The Morgan fingerprint density at radius 1 is 1.18 bits per heavy atom. The van der Waals surface area contributed by atoms with Crippen LogP contribution >= 0.6 is 0 Å². The molecule has 8 nitrogen and oxygen atoms in total. The van der Waals surface area contributed by atoms with E-state index in [2.05, 4.69) is 38.8 Å². The van der Waals surface area contributed by atoms with Crippen LogP contribution in [-0.2, 0) is 16.2 Å². The summed E-state index contributed by atoms with van der Waals surface area (Å²) in [5.74, 6) is 1.76. The van der Waals surface area contributed by atoms with Gasteiger partial charge in [0.25, 0.3) is 0 Å². The summed E-state index contributed by atoms with van der Waals surface area (Å²) in [6, 6.07) is 8.52. The van der Waals surface area contributed by atoms with Crippen molar-refractivity contribution in [3.05, 3.63) is 53.2 Å². The largest absolute Gasteiger partial charge is 0.378 e. The van der Waals surface area contributed by atoms with E-state index in [9.17, 15) is 0 Å². The topological polar surface area (TPSA) is 81.7 Å². The molecule has 2 aliphatic heterocycles. The third-order valence-electron chi connectivity index (χ3n) is 5.92. The monoisotopic (exact) mass is 382 g/mol. The molecular weight excluding hydrogens is 356 g/mol. The number of likely N-dealkylation sites (N-methyl/N-ethyl adjacent to an activating group) is 1. The Morgan fingerprint density at radius 2 is 2.04 bits per heavy atom. The Kier molecular flexibility index (Phi) is 4.64. The number of fused-ring (bicyclic) bond motifs is 2. The average molecular weight is 382 g/mol. The van der Waals surface area contributed by atoms with Crippen LogP contribution in [0.25, 0.3) is 6.08 Å². The molecule has 1 fully saturated rings. The van der Waals surface area contributed by atoms with E-state index in [1.165, 1.54) is 11.1 Å². The van der Waals surface area contributed by atoms with Crippen molar-refractivity contribution in [3.63, 3.8) is 0 Å². The molecule has 148 valence electrons. The normalized spacial score (nSPS) is 27.5. The second kappa shape index (κ2) is 7.29. The Bertz CT molecular complexity index is 881. The number of rotatable bonds is 3. The highest BCUT2D eigenvalue weighted by Crippen LogP contribution is 2.38. The zero-order chi connectivity index (χ0) is 19.1. The molecule has 3 aliphatic rings. The van der Waals surface area contributed by atoms with Crippen LogP contribution in [0, 0.1) is 0 Å². The number of hydroxylamine groups is 2. The van der Waals surface area contributed by atoms with E-state index in [1.54, 1.807) is 0 Å².